The highest BCUT2D eigenvalue weighted by Gasteiger charge is 2.19. The Hall–Kier alpha value is -0.600. The number of benzene rings is 1. The van der Waals surface area contributed by atoms with Gasteiger partial charge in [-0.3, -0.25) is 0 Å². The van der Waals surface area contributed by atoms with Gasteiger partial charge in [-0.05, 0) is 60.6 Å². The molecule has 0 saturated carbocycles. The van der Waals surface area contributed by atoms with E-state index in [1.165, 1.54) is 32.0 Å². The minimum absolute atomic E-state index is 0.331. The van der Waals surface area contributed by atoms with Crippen LogP contribution in [0.1, 0.15) is 57.6 Å². The fourth-order valence-corrected chi connectivity index (χ4v) is 4.58. The molecule has 2 rings (SSSR count). The van der Waals surface area contributed by atoms with Gasteiger partial charge in [-0.15, -0.1) is 11.3 Å². The highest BCUT2D eigenvalue weighted by Crippen LogP contribution is 2.39. The third kappa shape index (κ3) is 3.17. The van der Waals surface area contributed by atoms with E-state index in [0.29, 0.717) is 4.83 Å². The Kier molecular flexibility index (Phi) is 5.45. The monoisotopic (exact) mass is 350 g/mol. The number of hydrogen-bond donors (Lipinski definition) is 0. The largest absolute Gasteiger partial charge is 0.144 e. The first-order valence-electron chi connectivity index (χ1n) is 7.45. The molecule has 1 atom stereocenters. The van der Waals surface area contributed by atoms with Crippen LogP contribution in [0.4, 0.5) is 0 Å². The van der Waals surface area contributed by atoms with E-state index in [1.54, 1.807) is 0 Å². The number of aryl methyl sites for hydroxylation is 4. The summed E-state index contributed by atoms with van der Waals surface area (Å²) in [5.74, 6) is 0. The second-order valence-corrected chi connectivity index (χ2v) is 7.43. The number of alkyl halides is 1. The summed E-state index contributed by atoms with van der Waals surface area (Å²) in [5.41, 5.74) is 5.95. The van der Waals surface area contributed by atoms with Crippen LogP contribution >= 0.6 is 27.3 Å². The Morgan fingerprint density at radius 2 is 1.60 bits per heavy atom. The molecule has 0 bridgehead atoms. The molecule has 0 amide bonds. The summed E-state index contributed by atoms with van der Waals surface area (Å²) in [4.78, 5) is 3.12. The number of thiophene rings is 1. The van der Waals surface area contributed by atoms with Crippen molar-refractivity contribution in [3.05, 3.63) is 56.3 Å². The van der Waals surface area contributed by atoms with E-state index in [2.05, 4.69) is 67.9 Å². The molecule has 108 valence electrons. The molecular formula is C18H23BrS. The molecule has 0 aliphatic heterocycles. The molecule has 0 spiro atoms. The van der Waals surface area contributed by atoms with E-state index >= 15 is 0 Å². The second kappa shape index (κ2) is 6.91. The van der Waals surface area contributed by atoms with Crippen molar-refractivity contribution in [3.63, 3.8) is 0 Å². The summed E-state index contributed by atoms with van der Waals surface area (Å²) >= 11 is 5.84. The minimum atomic E-state index is 0.331. The Labute approximate surface area is 135 Å². The summed E-state index contributed by atoms with van der Waals surface area (Å²) in [5, 5.41) is 0. The molecule has 1 aromatic heterocycles. The highest BCUT2D eigenvalue weighted by atomic mass is 79.9. The van der Waals surface area contributed by atoms with Crippen molar-refractivity contribution in [2.75, 3.05) is 0 Å². The molecule has 0 N–H and O–H groups in total. The zero-order valence-electron chi connectivity index (χ0n) is 12.8. The number of halogens is 1. The first-order valence-corrected chi connectivity index (χ1v) is 9.18. The van der Waals surface area contributed by atoms with Gasteiger partial charge in [0.25, 0.3) is 0 Å². The van der Waals surface area contributed by atoms with Crippen molar-refractivity contribution >= 4 is 27.3 Å². The maximum atomic E-state index is 3.95. The van der Waals surface area contributed by atoms with E-state index in [9.17, 15) is 0 Å². The fraction of sp³-hybridized carbons (Fsp3) is 0.444. The van der Waals surface area contributed by atoms with Gasteiger partial charge < -0.3 is 0 Å². The highest BCUT2D eigenvalue weighted by molar-refractivity contribution is 9.09. The van der Waals surface area contributed by atoms with Gasteiger partial charge in [0.15, 0.2) is 0 Å². The predicted octanol–water partition coefficient (Wildman–Crippen LogP) is 6.23. The average Bonchev–Trinajstić information content (AvgIpc) is 2.91. The molecule has 1 aromatic carbocycles. The van der Waals surface area contributed by atoms with E-state index in [0.717, 1.165) is 19.3 Å². The zero-order chi connectivity index (χ0) is 14.7. The van der Waals surface area contributed by atoms with Crippen LogP contribution in [0.5, 0.6) is 0 Å². The lowest BCUT2D eigenvalue weighted by Gasteiger charge is -2.19. The first-order chi connectivity index (χ1) is 9.60. The lowest BCUT2D eigenvalue weighted by Crippen LogP contribution is -2.04. The van der Waals surface area contributed by atoms with Gasteiger partial charge in [-0.1, -0.05) is 48.8 Å². The molecule has 20 heavy (non-hydrogen) atoms. The molecule has 0 saturated heterocycles. The predicted molar refractivity (Wildman–Crippen MR) is 94.4 cm³/mol. The summed E-state index contributed by atoms with van der Waals surface area (Å²) in [6.07, 6.45) is 3.32. The first kappa shape index (κ1) is 15.8. The van der Waals surface area contributed by atoms with E-state index in [4.69, 9.17) is 0 Å². The third-order valence-electron chi connectivity index (χ3n) is 3.85. The molecule has 2 aromatic rings. The van der Waals surface area contributed by atoms with Crippen LogP contribution in [0.25, 0.3) is 0 Å². The van der Waals surface area contributed by atoms with E-state index < -0.39 is 0 Å². The molecule has 1 heterocycles. The van der Waals surface area contributed by atoms with Crippen molar-refractivity contribution in [3.8, 4) is 0 Å². The second-order valence-electron chi connectivity index (χ2n) is 5.20. The van der Waals surface area contributed by atoms with Crippen molar-refractivity contribution < 1.29 is 0 Å². The molecule has 0 aliphatic rings. The van der Waals surface area contributed by atoms with E-state index in [-0.39, 0.29) is 0 Å². The van der Waals surface area contributed by atoms with Crippen LogP contribution in [0.15, 0.2) is 24.3 Å². The smallest absolute Gasteiger partial charge is 0.0743 e. The maximum absolute atomic E-state index is 3.95. The van der Waals surface area contributed by atoms with Gasteiger partial charge in [0.1, 0.15) is 0 Å². The van der Waals surface area contributed by atoms with Crippen LogP contribution in [-0.2, 0) is 19.3 Å². The van der Waals surface area contributed by atoms with Gasteiger partial charge in [-0.25, -0.2) is 0 Å². The standard InChI is InChI=1S/C18H23BrS/c1-5-13-10-14(6-2)17(15(7-3)11-13)18(19)16-9-8-12(4)20-16/h8-11,18H,5-7H2,1-4H3. The number of rotatable bonds is 5. The lowest BCUT2D eigenvalue weighted by molar-refractivity contribution is 0.981. The zero-order valence-corrected chi connectivity index (χ0v) is 15.2. The van der Waals surface area contributed by atoms with Crippen molar-refractivity contribution in [1.82, 2.24) is 0 Å². The molecule has 2 heteroatoms. The van der Waals surface area contributed by atoms with Gasteiger partial charge in [-0.2, -0.15) is 0 Å². The summed E-state index contributed by atoms with van der Waals surface area (Å²) in [7, 11) is 0. The van der Waals surface area contributed by atoms with Crippen LogP contribution in [0.3, 0.4) is 0 Å². The van der Waals surface area contributed by atoms with Crippen LogP contribution in [0, 0.1) is 6.92 Å². The van der Waals surface area contributed by atoms with Gasteiger partial charge in [0, 0.05) is 9.75 Å². The topological polar surface area (TPSA) is 0 Å². The lowest BCUT2D eigenvalue weighted by atomic mass is 9.91. The van der Waals surface area contributed by atoms with Gasteiger partial charge in [0.2, 0.25) is 0 Å². The summed E-state index contributed by atoms with van der Waals surface area (Å²) in [6.45, 7) is 8.94. The molecule has 0 radical (unpaired) electrons. The third-order valence-corrected chi connectivity index (χ3v) is 6.17. The Morgan fingerprint density at radius 1 is 1.00 bits per heavy atom. The van der Waals surface area contributed by atoms with Crippen LogP contribution in [-0.4, -0.2) is 0 Å². The number of hydrogen-bond acceptors (Lipinski definition) is 1. The minimum Gasteiger partial charge on any atom is -0.144 e. The SMILES string of the molecule is CCc1cc(CC)c(C(Br)c2ccc(C)s2)c(CC)c1. The average molecular weight is 351 g/mol. The van der Waals surface area contributed by atoms with Crippen molar-refractivity contribution in [2.45, 2.75) is 51.8 Å². The summed E-state index contributed by atoms with van der Waals surface area (Å²) < 4.78 is 0. The van der Waals surface area contributed by atoms with Crippen molar-refractivity contribution in [1.29, 1.82) is 0 Å². The fourth-order valence-electron chi connectivity index (χ4n) is 2.70. The van der Waals surface area contributed by atoms with Gasteiger partial charge >= 0.3 is 0 Å². The van der Waals surface area contributed by atoms with Crippen LogP contribution < -0.4 is 0 Å². The Morgan fingerprint density at radius 3 is 2.00 bits per heavy atom. The quantitative estimate of drug-likeness (QED) is 0.560. The molecular weight excluding hydrogens is 328 g/mol. The Balaban J connectivity index is 2.53. The molecule has 0 aliphatic carbocycles. The summed E-state index contributed by atoms with van der Waals surface area (Å²) in [6, 6.07) is 9.25. The molecule has 1 unspecified atom stereocenters. The van der Waals surface area contributed by atoms with E-state index in [1.807, 2.05) is 11.3 Å². The van der Waals surface area contributed by atoms with Gasteiger partial charge in [0.05, 0.1) is 4.83 Å². The van der Waals surface area contributed by atoms with Crippen molar-refractivity contribution in [2.24, 2.45) is 0 Å². The molecule has 0 fully saturated rings. The normalized spacial score (nSPS) is 12.7. The maximum Gasteiger partial charge on any atom is 0.0743 e. The molecule has 0 nitrogen and oxygen atoms in total. The Bertz CT molecular complexity index is 558. The van der Waals surface area contributed by atoms with Crippen LogP contribution in [0.2, 0.25) is 0 Å².